The summed E-state index contributed by atoms with van der Waals surface area (Å²) in [6, 6.07) is 4.04. The Morgan fingerprint density at radius 3 is 2.67 bits per heavy atom. The number of anilines is 1. The lowest BCUT2D eigenvalue weighted by molar-refractivity contribution is -0.135. The van der Waals surface area contributed by atoms with Gasteiger partial charge in [0.2, 0.25) is 0 Å². The molecule has 0 atom stereocenters. The van der Waals surface area contributed by atoms with Crippen LogP contribution >= 0.6 is 23.8 Å². The number of nitrogens with two attached hydrogens (primary N) is 1. The molecule has 0 heterocycles. The molecule has 0 saturated heterocycles. The van der Waals surface area contributed by atoms with E-state index in [1.165, 1.54) is 18.2 Å². The van der Waals surface area contributed by atoms with Gasteiger partial charge in [0.25, 0.3) is 0 Å². The van der Waals surface area contributed by atoms with Crippen LogP contribution in [0, 0.1) is 5.82 Å². The Labute approximate surface area is 112 Å². The molecule has 0 bridgehead atoms. The van der Waals surface area contributed by atoms with Crippen LogP contribution in [0.25, 0.3) is 0 Å². The van der Waals surface area contributed by atoms with Crippen molar-refractivity contribution in [3.8, 4) is 0 Å². The van der Waals surface area contributed by atoms with E-state index in [0.29, 0.717) is 0 Å². The molecule has 0 spiro atoms. The topological polar surface area (TPSA) is 84.2 Å². The summed E-state index contributed by atoms with van der Waals surface area (Å²) in [7, 11) is 0. The van der Waals surface area contributed by atoms with Crippen molar-refractivity contribution in [3.63, 3.8) is 0 Å². The van der Waals surface area contributed by atoms with Crippen LogP contribution in [0.1, 0.15) is 0 Å². The molecular formula is C10H9ClFN3O2S. The Balaban J connectivity index is 2.67. The zero-order valence-corrected chi connectivity index (χ0v) is 10.6. The average molecular weight is 290 g/mol. The number of carbonyl (C=O) groups is 2. The molecule has 0 unspecified atom stereocenters. The number of amides is 2. The second kappa shape index (κ2) is 6.27. The third-order valence-electron chi connectivity index (χ3n) is 1.83. The van der Waals surface area contributed by atoms with Crippen LogP contribution in [0.2, 0.25) is 5.02 Å². The second-order valence-electron chi connectivity index (χ2n) is 3.20. The number of hydrogen-bond acceptors (Lipinski definition) is 3. The minimum Gasteiger partial charge on any atom is -0.392 e. The van der Waals surface area contributed by atoms with Gasteiger partial charge < -0.3 is 16.4 Å². The molecule has 0 fully saturated rings. The van der Waals surface area contributed by atoms with Gasteiger partial charge in [0, 0.05) is 0 Å². The van der Waals surface area contributed by atoms with E-state index in [1.807, 2.05) is 0 Å². The number of carbonyl (C=O) groups excluding carboxylic acids is 2. The molecule has 8 heteroatoms. The molecule has 0 aliphatic carbocycles. The molecule has 18 heavy (non-hydrogen) atoms. The van der Waals surface area contributed by atoms with E-state index in [1.54, 1.807) is 0 Å². The van der Waals surface area contributed by atoms with Crippen molar-refractivity contribution in [1.82, 2.24) is 5.32 Å². The second-order valence-corrected chi connectivity index (χ2v) is 4.14. The first kappa shape index (κ1) is 14.3. The van der Waals surface area contributed by atoms with Gasteiger partial charge in [-0.3, -0.25) is 9.59 Å². The molecular weight excluding hydrogens is 281 g/mol. The lowest BCUT2D eigenvalue weighted by Gasteiger charge is -2.07. The lowest BCUT2D eigenvalue weighted by Crippen LogP contribution is -2.39. The molecule has 0 radical (unpaired) electrons. The maximum absolute atomic E-state index is 13.4. The summed E-state index contributed by atoms with van der Waals surface area (Å²) in [6.45, 7) is -0.111. The van der Waals surface area contributed by atoms with Crippen molar-refractivity contribution in [2.75, 3.05) is 11.9 Å². The number of hydrogen-bond donors (Lipinski definition) is 3. The molecule has 4 N–H and O–H groups in total. The zero-order valence-electron chi connectivity index (χ0n) is 9.00. The maximum atomic E-state index is 13.4. The van der Waals surface area contributed by atoms with E-state index in [4.69, 9.17) is 17.3 Å². The predicted octanol–water partition coefficient (Wildman–Crippen LogP) is 0.820. The molecule has 1 aromatic carbocycles. The van der Waals surface area contributed by atoms with E-state index >= 15 is 0 Å². The number of halogens is 2. The van der Waals surface area contributed by atoms with E-state index in [2.05, 4.69) is 22.9 Å². The molecule has 0 aliphatic heterocycles. The highest BCUT2D eigenvalue weighted by Crippen LogP contribution is 2.21. The molecule has 96 valence electrons. The smallest absolute Gasteiger partial charge is 0.313 e. The van der Waals surface area contributed by atoms with Gasteiger partial charge in [0.15, 0.2) is 5.82 Å². The summed E-state index contributed by atoms with van der Waals surface area (Å²) in [5.74, 6) is -2.82. The number of rotatable bonds is 3. The molecule has 0 aliphatic rings. The summed E-state index contributed by atoms with van der Waals surface area (Å²) < 4.78 is 13.4. The van der Waals surface area contributed by atoms with E-state index in [-0.39, 0.29) is 22.2 Å². The number of thiocarbonyl (C=S) groups is 1. The average Bonchev–Trinajstić information content (AvgIpc) is 2.31. The SMILES string of the molecule is NC(=S)CNC(=O)C(=O)Nc1cccc(Cl)c1F. The minimum absolute atomic E-state index is 0.0325. The van der Waals surface area contributed by atoms with Gasteiger partial charge in [0.05, 0.1) is 22.2 Å². The molecule has 1 rings (SSSR count). The standard InChI is InChI=1S/C10H9ClFN3O2S/c11-5-2-1-3-6(8(5)12)15-10(17)9(16)14-4-7(13)18/h1-3H,4H2,(H2,13,18)(H,14,16)(H,15,17). The Bertz CT molecular complexity index is 510. The van der Waals surface area contributed by atoms with Crippen molar-refractivity contribution in [1.29, 1.82) is 0 Å². The van der Waals surface area contributed by atoms with Crippen molar-refractivity contribution in [2.24, 2.45) is 5.73 Å². The summed E-state index contributed by atoms with van der Waals surface area (Å²) in [5, 5.41) is 4.09. The highest BCUT2D eigenvalue weighted by atomic mass is 35.5. The lowest BCUT2D eigenvalue weighted by atomic mass is 10.3. The third-order valence-corrected chi connectivity index (χ3v) is 2.27. The van der Waals surface area contributed by atoms with Gasteiger partial charge in [-0.25, -0.2) is 4.39 Å². The Morgan fingerprint density at radius 2 is 2.06 bits per heavy atom. The third kappa shape index (κ3) is 3.94. The summed E-state index contributed by atoms with van der Waals surface area (Å²) in [4.78, 5) is 22.7. The van der Waals surface area contributed by atoms with Crippen LogP contribution in [0.3, 0.4) is 0 Å². The van der Waals surface area contributed by atoms with Crippen LogP contribution < -0.4 is 16.4 Å². The van der Waals surface area contributed by atoms with Crippen LogP contribution in [0.15, 0.2) is 18.2 Å². The van der Waals surface area contributed by atoms with Crippen LogP contribution in [-0.4, -0.2) is 23.3 Å². The monoisotopic (exact) mass is 289 g/mol. The normalized spacial score (nSPS) is 9.67. The van der Waals surface area contributed by atoms with E-state index < -0.39 is 17.6 Å². The van der Waals surface area contributed by atoms with Gasteiger partial charge in [-0.1, -0.05) is 29.9 Å². The van der Waals surface area contributed by atoms with Crippen molar-refractivity contribution in [3.05, 3.63) is 29.0 Å². The first-order valence-electron chi connectivity index (χ1n) is 4.73. The Hall–Kier alpha value is -1.73. The quantitative estimate of drug-likeness (QED) is 0.568. The summed E-state index contributed by atoms with van der Waals surface area (Å²) in [6.07, 6.45) is 0. The van der Waals surface area contributed by atoms with Gasteiger partial charge in [-0.2, -0.15) is 0 Å². The number of benzene rings is 1. The molecule has 5 nitrogen and oxygen atoms in total. The number of nitrogens with one attached hydrogen (secondary N) is 2. The fourth-order valence-electron chi connectivity index (χ4n) is 1.03. The highest BCUT2D eigenvalue weighted by molar-refractivity contribution is 7.80. The van der Waals surface area contributed by atoms with Crippen molar-refractivity contribution >= 4 is 46.3 Å². The minimum atomic E-state index is -1.03. The summed E-state index contributed by atoms with van der Waals surface area (Å²) in [5.41, 5.74) is 4.96. The zero-order chi connectivity index (χ0) is 13.7. The molecule has 0 aromatic heterocycles. The largest absolute Gasteiger partial charge is 0.392 e. The first-order valence-corrected chi connectivity index (χ1v) is 5.52. The van der Waals surface area contributed by atoms with Gasteiger partial charge in [-0.05, 0) is 12.1 Å². The fraction of sp³-hybridized carbons (Fsp3) is 0.100. The Kier molecular flexibility index (Phi) is 4.99. The van der Waals surface area contributed by atoms with Crippen LogP contribution in [0.4, 0.5) is 10.1 Å². The van der Waals surface area contributed by atoms with Gasteiger partial charge >= 0.3 is 11.8 Å². The van der Waals surface area contributed by atoms with Crippen LogP contribution in [-0.2, 0) is 9.59 Å². The molecule has 0 saturated carbocycles. The Morgan fingerprint density at radius 1 is 1.39 bits per heavy atom. The highest BCUT2D eigenvalue weighted by Gasteiger charge is 2.16. The first-order chi connectivity index (χ1) is 8.41. The molecule has 2 amide bonds. The van der Waals surface area contributed by atoms with Crippen molar-refractivity contribution < 1.29 is 14.0 Å². The summed E-state index contributed by atoms with van der Waals surface area (Å²) >= 11 is 10.0. The van der Waals surface area contributed by atoms with Crippen LogP contribution in [0.5, 0.6) is 0 Å². The van der Waals surface area contributed by atoms with Gasteiger partial charge in [0.1, 0.15) is 0 Å². The predicted molar refractivity (Wildman–Crippen MR) is 69.8 cm³/mol. The van der Waals surface area contributed by atoms with Crippen molar-refractivity contribution in [2.45, 2.75) is 0 Å². The van der Waals surface area contributed by atoms with Gasteiger partial charge in [-0.15, -0.1) is 0 Å². The van der Waals surface area contributed by atoms with E-state index in [0.717, 1.165) is 0 Å². The maximum Gasteiger partial charge on any atom is 0.313 e. The molecule has 1 aromatic rings. The van der Waals surface area contributed by atoms with E-state index in [9.17, 15) is 14.0 Å². The fourth-order valence-corrected chi connectivity index (χ4v) is 1.27.